The van der Waals surface area contributed by atoms with E-state index in [0.29, 0.717) is 11.5 Å². The van der Waals surface area contributed by atoms with Gasteiger partial charge in [0.1, 0.15) is 13.7 Å². The number of nitrogens with zero attached hydrogens (tertiary/aromatic N) is 1. The second-order valence-corrected chi connectivity index (χ2v) is 7.24. The first kappa shape index (κ1) is 24.0. The van der Waals surface area contributed by atoms with Crippen LogP contribution in [-0.4, -0.2) is 33.0 Å². The van der Waals surface area contributed by atoms with E-state index in [-0.39, 0.29) is 12.3 Å². The molecule has 1 aliphatic rings. The Bertz CT molecular complexity index is 1050. The molecule has 0 amide bonds. The Hall–Kier alpha value is -3.62. The number of rotatable bonds is 11. The monoisotopic (exact) mass is 451 g/mol. The lowest BCUT2D eigenvalue weighted by Gasteiger charge is -2.16. The zero-order valence-electron chi connectivity index (χ0n) is 19.3. The first-order chi connectivity index (χ1) is 16.1. The highest BCUT2D eigenvalue weighted by Crippen LogP contribution is 2.49. The van der Waals surface area contributed by atoms with Crippen LogP contribution in [0.1, 0.15) is 36.0 Å². The molecule has 0 heterocycles. The summed E-state index contributed by atoms with van der Waals surface area (Å²) in [4.78, 5) is 28.1. The van der Waals surface area contributed by atoms with Crippen LogP contribution >= 0.6 is 0 Å². The molecule has 2 aromatic rings. The van der Waals surface area contributed by atoms with Crippen LogP contribution in [0.15, 0.2) is 82.8 Å². The van der Waals surface area contributed by atoms with Gasteiger partial charge in [-0.1, -0.05) is 65.8 Å². The van der Waals surface area contributed by atoms with Crippen LogP contribution in [0.3, 0.4) is 0 Å². The van der Waals surface area contributed by atoms with Crippen LogP contribution in [0.2, 0.25) is 0 Å². The molecule has 8 heteroatoms. The van der Waals surface area contributed by atoms with Crippen molar-refractivity contribution < 1.29 is 24.0 Å². The Morgan fingerprint density at radius 1 is 1.06 bits per heavy atom. The summed E-state index contributed by atoms with van der Waals surface area (Å²) in [6, 6.07) is 17.6. The van der Waals surface area contributed by atoms with Gasteiger partial charge < -0.3 is 9.57 Å². The van der Waals surface area contributed by atoms with Crippen molar-refractivity contribution >= 4 is 11.7 Å². The third-order valence-corrected chi connectivity index (χ3v) is 5.21. The smallest absolute Gasteiger partial charge is 0.360 e. The van der Waals surface area contributed by atoms with E-state index in [4.69, 9.17) is 19.2 Å². The highest BCUT2D eigenvalue weighted by molar-refractivity contribution is 6.43. The zero-order chi connectivity index (χ0) is 23.6. The number of hydroxylamine groups is 2. The van der Waals surface area contributed by atoms with Gasteiger partial charge in [-0.3, -0.25) is 20.6 Å². The van der Waals surface area contributed by atoms with Crippen LogP contribution in [0.25, 0.3) is 0 Å². The minimum absolute atomic E-state index is 0.0688. The summed E-state index contributed by atoms with van der Waals surface area (Å²) in [7, 11) is 4.24. The van der Waals surface area contributed by atoms with Gasteiger partial charge in [-0.25, -0.2) is 4.79 Å². The molecule has 2 aromatic carbocycles. The van der Waals surface area contributed by atoms with Crippen LogP contribution in [0.4, 0.5) is 0 Å². The molecule has 0 saturated heterocycles. The molecule has 1 fully saturated rings. The molecule has 0 unspecified atom stereocenters. The molecule has 174 valence electrons. The van der Waals surface area contributed by atoms with E-state index >= 15 is 0 Å². The Kier molecular flexibility index (Phi) is 8.63. The summed E-state index contributed by atoms with van der Waals surface area (Å²) in [6.07, 6.45) is 2.83. The molecule has 8 nitrogen and oxygen atoms in total. The van der Waals surface area contributed by atoms with Gasteiger partial charge in [0.05, 0.1) is 25.6 Å². The summed E-state index contributed by atoms with van der Waals surface area (Å²) in [5.41, 5.74) is 11.4. The molecule has 0 bridgehead atoms. The number of hydrogen-bond acceptors (Lipinski definition) is 8. The Morgan fingerprint density at radius 3 is 2.45 bits per heavy atom. The number of nitrogens with one attached hydrogen (secondary N) is 2. The van der Waals surface area contributed by atoms with E-state index < -0.39 is 5.97 Å². The molecular weight excluding hydrogens is 422 g/mol. The maximum atomic E-state index is 12.2. The topological polar surface area (TPSA) is 90.4 Å². The highest BCUT2D eigenvalue weighted by atomic mass is 16.7. The number of hydrogen-bond donors (Lipinski definition) is 2. The van der Waals surface area contributed by atoms with Crippen molar-refractivity contribution in [2.24, 2.45) is 5.16 Å². The summed E-state index contributed by atoms with van der Waals surface area (Å²) in [5.74, 6) is -0.276. The van der Waals surface area contributed by atoms with Crippen molar-refractivity contribution in [1.29, 1.82) is 0 Å². The van der Waals surface area contributed by atoms with Gasteiger partial charge in [-0.05, 0) is 30.0 Å². The Balaban J connectivity index is 1.80. The molecule has 0 aromatic heterocycles. The van der Waals surface area contributed by atoms with Gasteiger partial charge in [0, 0.05) is 11.5 Å². The third kappa shape index (κ3) is 6.00. The molecule has 1 aliphatic carbocycles. The number of allylic oxidation sites excluding steroid dienone is 2. The largest absolute Gasteiger partial charge is 0.464 e. The van der Waals surface area contributed by atoms with Crippen LogP contribution in [-0.2, 0) is 30.7 Å². The van der Waals surface area contributed by atoms with Gasteiger partial charge in [0.15, 0.2) is 5.71 Å². The maximum absolute atomic E-state index is 12.2. The molecule has 2 N–H and O–H groups in total. The summed E-state index contributed by atoms with van der Waals surface area (Å²) >= 11 is 0. The SMILES string of the molecule is CC=C(NOC)C(NOCc1ccccc1C(=NOC)C(=O)OC)=C1C[C@H]1c1ccccc1. The number of carbonyl (C=O) groups excluding carboxylic acids is 1. The lowest BCUT2D eigenvalue weighted by Crippen LogP contribution is -2.24. The quantitative estimate of drug-likeness (QED) is 0.306. The minimum Gasteiger partial charge on any atom is -0.464 e. The van der Waals surface area contributed by atoms with Gasteiger partial charge in [0.2, 0.25) is 0 Å². The second kappa shape index (κ2) is 11.8. The fraction of sp³-hybridized carbons (Fsp3) is 0.280. The number of methoxy groups -OCH3 is 1. The lowest BCUT2D eigenvalue weighted by atomic mass is 10.0. The van der Waals surface area contributed by atoms with E-state index in [9.17, 15) is 4.79 Å². The number of benzene rings is 2. The average molecular weight is 452 g/mol. The normalized spacial score (nSPS) is 17.3. The van der Waals surface area contributed by atoms with E-state index in [1.54, 1.807) is 13.2 Å². The molecule has 0 spiro atoms. The third-order valence-electron chi connectivity index (χ3n) is 5.21. The number of ether oxygens (including phenoxy) is 1. The van der Waals surface area contributed by atoms with Gasteiger partial charge in [-0.15, -0.1) is 0 Å². The van der Waals surface area contributed by atoms with Crippen molar-refractivity contribution in [3.63, 3.8) is 0 Å². The lowest BCUT2D eigenvalue weighted by molar-refractivity contribution is -0.132. The van der Waals surface area contributed by atoms with Gasteiger partial charge in [-0.2, -0.15) is 0 Å². The second-order valence-electron chi connectivity index (χ2n) is 7.24. The molecule has 0 aliphatic heterocycles. The maximum Gasteiger partial charge on any atom is 0.360 e. The average Bonchev–Trinajstić information content (AvgIpc) is 3.65. The summed E-state index contributed by atoms with van der Waals surface area (Å²) < 4.78 is 4.84. The Morgan fingerprint density at radius 2 is 1.79 bits per heavy atom. The van der Waals surface area contributed by atoms with E-state index in [1.165, 1.54) is 25.4 Å². The van der Waals surface area contributed by atoms with Crippen molar-refractivity contribution in [2.75, 3.05) is 21.3 Å². The molecule has 1 atom stereocenters. The predicted molar refractivity (Wildman–Crippen MR) is 125 cm³/mol. The van der Waals surface area contributed by atoms with Crippen molar-refractivity contribution in [3.8, 4) is 0 Å². The minimum atomic E-state index is -0.593. The van der Waals surface area contributed by atoms with E-state index in [1.807, 2.05) is 49.4 Å². The molecule has 3 rings (SSSR count). The Labute approximate surface area is 193 Å². The molecule has 1 saturated carbocycles. The first-order valence-electron chi connectivity index (χ1n) is 10.5. The highest BCUT2D eigenvalue weighted by Gasteiger charge is 2.35. The molecular formula is C25H29N3O5. The number of esters is 1. The van der Waals surface area contributed by atoms with Crippen LogP contribution in [0.5, 0.6) is 0 Å². The van der Waals surface area contributed by atoms with E-state index in [0.717, 1.165) is 23.4 Å². The van der Waals surface area contributed by atoms with Crippen molar-refractivity contribution in [2.45, 2.75) is 25.9 Å². The number of oxime groups is 1. The van der Waals surface area contributed by atoms with Gasteiger partial charge >= 0.3 is 5.97 Å². The fourth-order valence-electron chi connectivity index (χ4n) is 3.55. The molecule has 33 heavy (non-hydrogen) atoms. The van der Waals surface area contributed by atoms with Crippen LogP contribution in [0, 0.1) is 0 Å². The fourth-order valence-corrected chi connectivity index (χ4v) is 3.55. The molecule has 0 radical (unpaired) electrons. The zero-order valence-corrected chi connectivity index (χ0v) is 19.3. The predicted octanol–water partition coefficient (Wildman–Crippen LogP) is 3.73. The first-order valence-corrected chi connectivity index (χ1v) is 10.5. The standard InChI is InChI=1S/C25H29N3O5/c1-5-22(26-31-3)23(21-15-20(21)17-11-7-6-8-12-17)28-33-16-18-13-9-10-14-19(18)24(27-32-4)25(29)30-2/h5-14,20,26,28H,15-16H2,1-4H3/t20-/m0/s1. The van der Waals surface area contributed by atoms with E-state index in [2.05, 4.69) is 28.2 Å². The summed E-state index contributed by atoms with van der Waals surface area (Å²) in [6.45, 7) is 2.09. The summed E-state index contributed by atoms with van der Waals surface area (Å²) in [5, 5.41) is 3.84. The van der Waals surface area contributed by atoms with Crippen molar-refractivity contribution in [1.82, 2.24) is 11.0 Å². The van der Waals surface area contributed by atoms with Gasteiger partial charge in [0.25, 0.3) is 0 Å². The number of carbonyl (C=O) groups is 1. The van der Waals surface area contributed by atoms with Crippen molar-refractivity contribution in [3.05, 3.63) is 94.3 Å². The van der Waals surface area contributed by atoms with Crippen LogP contribution < -0.4 is 11.0 Å².